The van der Waals surface area contributed by atoms with Crippen LogP contribution in [0.3, 0.4) is 0 Å². The Labute approximate surface area is 149 Å². The van der Waals surface area contributed by atoms with Crippen LogP contribution >= 0.6 is 0 Å². The van der Waals surface area contributed by atoms with Gasteiger partial charge in [-0.2, -0.15) is 0 Å². The maximum Gasteiger partial charge on any atom is 0.0147 e. The molecule has 0 amide bonds. The Morgan fingerprint density at radius 2 is 1.39 bits per heavy atom. The van der Waals surface area contributed by atoms with E-state index >= 15 is 0 Å². The average molecular weight is 329 g/mol. The topological polar surface area (TPSA) is 15.3 Å². The third-order valence-corrected chi connectivity index (χ3v) is 5.18. The predicted molar refractivity (Wildman–Crippen MR) is 110 cm³/mol. The van der Waals surface area contributed by atoms with Gasteiger partial charge in [0.2, 0.25) is 0 Å². The molecule has 0 spiro atoms. The van der Waals surface area contributed by atoms with Gasteiger partial charge in [0.1, 0.15) is 0 Å². The lowest BCUT2D eigenvalue weighted by Gasteiger charge is -2.37. The molecule has 2 nitrogen and oxygen atoms in total. The van der Waals surface area contributed by atoms with E-state index in [1.165, 1.54) is 45.1 Å². The number of hydrogen-bond donors (Lipinski definition) is 1. The number of nitrogens with one attached hydrogen (secondary N) is 1. The lowest BCUT2D eigenvalue weighted by Crippen LogP contribution is -2.40. The zero-order chi connectivity index (χ0) is 18.9. The summed E-state index contributed by atoms with van der Waals surface area (Å²) >= 11 is 0. The Morgan fingerprint density at radius 3 is 1.65 bits per heavy atom. The molecule has 0 aliphatic rings. The third kappa shape index (κ3) is 13.8. The predicted octanol–water partition coefficient (Wildman–Crippen LogP) is 6.13. The molecular weight excluding hydrogens is 280 g/mol. The summed E-state index contributed by atoms with van der Waals surface area (Å²) in [4.78, 5) is 2.32. The zero-order valence-electron chi connectivity index (χ0n) is 18.2. The molecule has 1 unspecified atom stereocenters. The van der Waals surface area contributed by atoms with Crippen molar-refractivity contribution in [1.82, 2.24) is 10.2 Å². The van der Waals surface area contributed by atoms with Crippen molar-refractivity contribution in [2.75, 3.05) is 27.7 Å². The highest BCUT2D eigenvalue weighted by Gasteiger charge is 2.29. The zero-order valence-corrected chi connectivity index (χ0v) is 18.2. The van der Waals surface area contributed by atoms with Crippen LogP contribution in [-0.2, 0) is 0 Å². The van der Waals surface area contributed by atoms with Gasteiger partial charge in [-0.15, -0.1) is 6.58 Å². The van der Waals surface area contributed by atoms with Crippen molar-refractivity contribution in [3.63, 3.8) is 0 Å². The van der Waals surface area contributed by atoms with E-state index in [1.807, 2.05) is 20.8 Å². The summed E-state index contributed by atoms with van der Waals surface area (Å²) in [7, 11) is 6.46. The van der Waals surface area contributed by atoms with Crippen LogP contribution in [0, 0.1) is 5.41 Å². The molecule has 2 heteroatoms. The Balaban J connectivity index is -0.000000710. The van der Waals surface area contributed by atoms with Crippen molar-refractivity contribution >= 4 is 0 Å². The fourth-order valence-corrected chi connectivity index (χ4v) is 2.56. The number of rotatable bonds is 10. The van der Waals surface area contributed by atoms with Crippen LogP contribution < -0.4 is 5.32 Å². The van der Waals surface area contributed by atoms with E-state index in [0.717, 1.165) is 0 Å². The van der Waals surface area contributed by atoms with Crippen molar-refractivity contribution in [3.8, 4) is 0 Å². The van der Waals surface area contributed by atoms with Crippen molar-refractivity contribution in [3.05, 3.63) is 12.7 Å². The first-order chi connectivity index (χ1) is 10.8. The van der Waals surface area contributed by atoms with E-state index in [1.54, 1.807) is 6.08 Å². The second-order valence-corrected chi connectivity index (χ2v) is 6.83. The summed E-state index contributed by atoms with van der Waals surface area (Å²) in [6.07, 6.45) is 9.53. The highest BCUT2D eigenvalue weighted by molar-refractivity contribution is 4.86. The quantitative estimate of drug-likeness (QED) is 0.485. The van der Waals surface area contributed by atoms with Gasteiger partial charge in [0.05, 0.1) is 0 Å². The standard InChI is InChI=1S/C16H36N2.C3H6.C2H6/c1-8-15(4,17-5)11-12-16(9-2,10-3)13-14-18(6)7;1-3-2;1-2/h17H,8-14H2,1-7H3;3H,1H2,2H3;1-2H3. The Bertz CT molecular complexity index is 238. The van der Waals surface area contributed by atoms with Gasteiger partial charge in [0.25, 0.3) is 0 Å². The van der Waals surface area contributed by atoms with E-state index in [-0.39, 0.29) is 0 Å². The first kappa shape index (κ1) is 27.5. The molecule has 0 aromatic rings. The molecule has 23 heavy (non-hydrogen) atoms. The van der Waals surface area contributed by atoms with Crippen LogP contribution in [0.4, 0.5) is 0 Å². The minimum Gasteiger partial charge on any atom is -0.315 e. The molecule has 0 heterocycles. The molecule has 1 N–H and O–H groups in total. The van der Waals surface area contributed by atoms with Crippen LogP contribution in [0.25, 0.3) is 0 Å². The molecule has 1 atom stereocenters. The molecule has 0 aliphatic carbocycles. The van der Waals surface area contributed by atoms with Crippen molar-refractivity contribution < 1.29 is 0 Å². The number of nitrogens with zero attached hydrogens (tertiary/aromatic N) is 1. The van der Waals surface area contributed by atoms with Gasteiger partial charge in [-0.1, -0.05) is 53.5 Å². The molecule has 0 fully saturated rings. The first-order valence-electron chi connectivity index (χ1n) is 9.69. The summed E-state index contributed by atoms with van der Waals surface area (Å²) < 4.78 is 0. The fraction of sp³-hybridized carbons (Fsp3) is 0.905. The monoisotopic (exact) mass is 328 g/mol. The van der Waals surface area contributed by atoms with Crippen LogP contribution in [-0.4, -0.2) is 38.1 Å². The van der Waals surface area contributed by atoms with E-state index < -0.39 is 0 Å². The second-order valence-electron chi connectivity index (χ2n) is 6.83. The second kappa shape index (κ2) is 16.5. The lowest BCUT2D eigenvalue weighted by molar-refractivity contribution is 0.163. The van der Waals surface area contributed by atoms with Crippen molar-refractivity contribution in [2.45, 2.75) is 92.5 Å². The molecule has 0 saturated heterocycles. The van der Waals surface area contributed by atoms with Gasteiger partial charge in [-0.3, -0.25) is 0 Å². The molecular formula is C21H48N2. The highest BCUT2D eigenvalue weighted by atomic mass is 15.0. The third-order valence-electron chi connectivity index (χ3n) is 5.18. The Hall–Kier alpha value is -0.340. The Kier molecular flexibility index (Phi) is 19.8. The maximum absolute atomic E-state index is 3.50. The van der Waals surface area contributed by atoms with E-state index in [9.17, 15) is 0 Å². The SMILES string of the molecule is C=CC.CC.CCC(CC)(CCN(C)C)CCC(C)(CC)NC. The number of hydrogen-bond acceptors (Lipinski definition) is 2. The highest BCUT2D eigenvalue weighted by Crippen LogP contribution is 2.38. The lowest BCUT2D eigenvalue weighted by atomic mass is 9.72. The van der Waals surface area contributed by atoms with Gasteiger partial charge in [0.15, 0.2) is 0 Å². The summed E-state index contributed by atoms with van der Waals surface area (Å²) in [5.74, 6) is 0. The van der Waals surface area contributed by atoms with Crippen molar-refractivity contribution in [2.24, 2.45) is 5.41 Å². The minimum absolute atomic E-state index is 0.313. The molecule has 0 radical (unpaired) electrons. The van der Waals surface area contributed by atoms with Gasteiger partial charge in [-0.05, 0) is 72.6 Å². The molecule has 0 bridgehead atoms. The van der Waals surface area contributed by atoms with Crippen molar-refractivity contribution in [1.29, 1.82) is 0 Å². The van der Waals surface area contributed by atoms with Gasteiger partial charge in [-0.25, -0.2) is 0 Å². The molecule has 142 valence electrons. The molecule has 0 aromatic carbocycles. The summed E-state index contributed by atoms with van der Waals surface area (Å²) in [5, 5.41) is 3.50. The molecule has 0 saturated carbocycles. The average Bonchev–Trinajstić information content (AvgIpc) is 2.58. The fourth-order valence-electron chi connectivity index (χ4n) is 2.56. The van der Waals surface area contributed by atoms with E-state index in [0.29, 0.717) is 11.0 Å². The van der Waals surface area contributed by atoms with E-state index in [4.69, 9.17) is 0 Å². The first-order valence-corrected chi connectivity index (χ1v) is 9.69. The summed E-state index contributed by atoms with van der Waals surface area (Å²) in [5.41, 5.74) is 0.852. The molecule has 0 rings (SSSR count). The van der Waals surface area contributed by atoms with Gasteiger partial charge >= 0.3 is 0 Å². The molecule has 0 aliphatic heterocycles. The van der Waals surface area contributed by atoms with Gasteiger partial charge in [0, 0.05) is 5.54 Å². The van der Waals surface area contributed by atoms with Crippen LogP contribution in [0.15, 0.2) is 12.7 Å². The van der Waals surface area contributed by atoms with Crippen LogP contribution in [0.2, 0.25) is 0 Å². The Morgan fingerprint density at radius 1 is 0.957 bits per heavy atom. The summed E-state index contributed by atoms with van der Waals surface area (Å²) in [6.45, 7) is 19.8. The van der Waals surface area contributed by atoms with E-state index in [2.05, 4.69) is 65.6 Å². The minimum atomic E-state index is 0.313. The van der Waals surface area contributed by atoms with Crippen LogP contribution in [0.5, 0.6) is 0 Å². The normalized spacial score (nSPS) is 13.3. The number of allylic oxidation sites excluding steroid dienone is 1. The maximum atomic E-state index is 3.50. The largest absolute Gasteiger partial charge is 0.315 e. The van der Waals surface area contributed by atoms with Gasteiger partial charge < -0.3 is 10.2 Å². The molecule has 0 aromatic heterocycles. The summed E-state index contributed by atoms with van der Waals surface area (Å²) in [6, 6.07) is 0. The smallest absolute Gasteiger partial charge is 0.0147 e. The van der Waals surface area contributed by atoms with Crippen LogP contribution in [0.1, 0.15) is 87.0 Å².